The maximum Gasteiger partial charge on any atom is 0.230 e. The molecule has 0 bridgehead atoms. The van der Waals surface area contributed by atoms with Gasteiger partial charge >= 0.3 is 0 Å². The molecule has 0 unspecified atom stereocenters. The van der Waals surface area contributed by atoms with Crippen LogP contribution in [0.1, 0.15) is 44.9 Å². The Balaban J connectivity index is 1.52. The van der Waals surface area contributed by atoms with E-state index in [-0.39, 0.29) is 5.91 Å². The first kappa shape index (κ1) is 15.7. The van der Waals surface area contributed by atoms with E-state index in [0.717, 1.165) is 28.1 Å². The van der Waals surface area contributed by atoms with Gasteiger partial charge in [0.25, 0.3) is 0 Å². The molecule has 2 aromatic rings. The van der Waals surface area contributed by atoms with Gasteiger partial charge in [-0.25, -0.2) is 9.97 Å². The second-order valence-electron chi connectivity index (χ2n) is 5.72. The van der Waals surface area contributed by atoms with Gasteiger partial charge in [0, 0.05) is 11.4 Å². The van der Waals surface area contributed by atoms with E-state index in [1.165, 1.54) is 43.9 Å². The number of hydrogen-bond donors (Lipinski definition) is 1. The molecule has 0 aromatic carbocycles. The molecule has 0 spiro atoms. The first-order valence-electron chi connectivity index (χ1n) is 7.93. The molecule has 1 saturated carbocycles. The van der Waals surface area contributed by atoms with Crippen LogP contribution in [0.3, 0.4) is 0 Å². The van der Waals surface area contributed by atoms with Crippen molar-refractivity contribution in [1.29, 1.82) is 0 Å². The summed E-state index contributed by atoms with van der Waals surface area (Å²) in [6.07, 6.45) is 10.3. The maximum absolute atomic E-state index is 12.2. The number of thiophene rings is 1. The molecule has 2 aromatic heterocycles. The van der Waals surface area contributed by atoms with Crippen LogP contribution < -0.4 is 5.32 Å². The zero-order valence-electron chi connectivity index (χ0n) is 12.6. The summed E-state index contributed by atoms with van der Waals surface area (Å²) in [5.74, 6) is 0.552. The van der Waals surface area contributed by atoms with Crippen LogP contribution in [-0.2, 0) is 4.79 Å². The topological polar surface area (TPSA) is 54.9 Å². The van der Waals surface area contributed by atoms with Crippen LogP contribution in [0.25, 0.3) is 10.2 Å². The number of nitrogens with zero attached hydrogens (tertiary/aromatic N) is 2. The largest absolute Gasteiger partial charge is 0.353 e. The number of carbonyl (C=O) groups is 1. The van der Waals surface area contributed by atoms with Gasteiger partial charge in [0.05, 0.1) is 5.75 Å². The van der Waals surface area contributed by atoms with Gasteiger partial charge in [-0.05, 0) is 24.3 Å². The Labute approximate surface area is 139 Å². The molecule has 0 aliphatic heterocycles. The quantitative estimate of drug-likeness (QED) is 0.677. The lowest BCUT2D eigenvalue weighted by Gasteiger charge is -2.20. The van der Waals surface area contributed by atoms with Gasteiger partial charge in [-0.15, -0.1) is 11.3 Å². The molecule has 22 heavy (non-hydrogen) atoms. The number of nitrogens with one attached hydrogen (secondary N) is 1. The minimum atomic E-state index is 0.123. The third-order valence-corrected chi connectivity index (χ3v) is 5.86. The summed E-state index contributed by atoms with van der Waals surface area (Å²) >= 11 is 3.11. The second-order valence-corrected chi connectivity index (χ2v) is 7.58. The standard InChI is InChI=1S/C16H21N3OS2/c20-14(19-12-6-4-2-1-3-5-7-12)10-22-16-13-8-9-21-15(13)17-11-18-16/h8-9,11-12H,1-7,10H2,(H,19,20). The van der Waals surface area contributed by atoms with E-state index in [2.05, 4.69) is 15.3 Å². The fraction of sp³-hybridized carbons (Fsp3) is 0.562. The highest BCUT2D eigenvalue weighted by Crippen LogP contribution is 2.27. The van der Waals surface area contributed by atoms with Crippen molar-refractivity contribution in [3.8, 4) is 0 Å². The highest BCUT2D eigenvalue weighted by Gasteiger charge is 2.15. The highest BCUT2D eigenvalue weighted by molar-refractivity contribution is 8.00. The Kier molecular flexibility index (Phi) is 5.67. The molecule has 4 nitrogen and oxygen atoms in total. The third-order valence-electron chi connectivity index (χ3n) is 4.04. The van der Waals surface area contributed by atoms with Crippen molar-refractivity contribution in [3.63, 3.8) is 0 Å². The smallest absolute Gasteiger partial charge is 0.230 e. The van der Waals surface area contributed by atoms with E-state index >= 15 is 0 Å². The summed E-state index contributed by atoms with van der Waals surface area (Å²) < 4.78 is 0. The highest BCUT2D eigenvalue weighted by atomic mass is 32.2. The van der Waals surface area contributed by atoms with Crippen LogP contribution in [0.15, 0.2) is 22.8 Å². The molecule has 1 amide bonds. The molecule has 2 heterocycles. The predicted molar refractivity (Wildman–Crippen MR) is 92.4 cm³/mol. The number of fused-ring (bicyclic) bond motifs is 1. The molecule has 0 atom stereocenters. The molecule has 1 aliphatic rings. The van der Waals surface area contributed by atoms with Gasteiger partial charge in [-0.1, -0.05) is 43.9 Å². The fourth-order valence-electron chi connectivity index (χ4n) is 2.89. The van der Waals surface area contributed by atoms with Crippen LogP contribution >= 0.6 is 23.1 Å². The van der Waals surface area contributed by atoms with Gasteiger partial charge in [0.2, 0.25) is 5.91 Å². The molecule has 3 rings (SSSR count). The van der Waals surface area contributed by atoms with Crippen molar-refractivity contribution in [1.82, 2.24) is 15.3 Å². The lowest BCUT2D eigenvalue weighted by molar-refractivity contribution is -0.119. The van der Waals surface area contributed by atoms with Crippen molar-refractivity contribution in [2.24, 2.45) is 0 Å². The molecule has 1 N–H and O–H groups in total. The van der Waals surface area contributed by atoms with Crippen molar-refractivity contribution in [3.05, 3.63) is 17.8 Å². The minimum Gasteiger partial charge on any atom is -0.353 e. The summed E-state index contributed by atoms with van der Waals surface area (Å²) in [7, 11) is 0. The predicted octanol–water partition coefficient (Wildman–Crippen LogP) is 4.01. The number of carbonyl (C=O) groups excluding carboxylic acids is 1. The summed E-state index contributed by atoms with van der Waals surface area (Å²) in [4.78, 5) is 21.7. The number of amides is 1. The van der Waals surface area contributed by atoms with Crippen molar-refractivity contribution >= 4 is 39.2 Å². The normalized spacial score (nSPS) is 17.1. The molecule has 1 fully saturated rings. The van der Waals surface area contributed by atoms with Gasteiger partial charge < -0.3 is 5.32 Å². The van der Waals surface area contributed by atoms with Crippen molar-refractivity contribution in [2.45, 2.75) is 56.0 Å². The van der Waals surface area contributed by atoms with E-state index < -0.39 is 0 Å². The van der Waals surface area contributed by atoms with Crippen LogP contribution in [0.4, 0.5) is 0 Å². The zero-order chi connectivity index (χ0) is 15.2. The number of thioether (sulfide) groups is 1. The van der Waals surface area contributed by atoms with Crippen molar-refractivity contribution < 1.29 is 4.79 Å². The molecule has 0 saturated heterocycles. The summed E-state index contributed by atoms with van der Waals surface area (Å²) in [5, 5.41) is 7.16. The molecule has 1 aliphatic carbocycles. The first-order chi connectivity index (χ1) is 10.8. The van der Waals surface area contributed by atoms with Crippen LogP contribution in [0.5, 0.6) is 0 Å². The van der Waals surface area contributed by atoms with Crippen LogP contribution in [0, 0.1) is 0 Å². The average Bonchev–Trinajstić information content (AvgIpc) is 2.97. The van der Waals surface area contributed by atoms with Gasteiger partial charge in [-0.3, -0.25) is 4.79 Å². The minimum absolute atomic E-state index is 0.123. The first-order valence-corrected chi connectivity index (χ1v) is 9.80. The molecule has 0 radical (unpaired) electrons. The van der Waals surface area contributed by atoms with Gasteiger partial charge in [0.1, 0.15) is 16.2 Å². The Hall–Kier alpha value is -1.14. The molecular formula is C16H21N3OS2. The van der Waals surface area contributed by atoms with Gasteiger partial charge in [0.15, 0.2) is 0 Å². The number of hydrogen-bond acceptors (Lipinski definition) is 5. The summed E-state index contributed by atoms with van der Waals surface area (Å²) in [6, 6.07) is 2.38. The monoisotopic (exact) mass is 335 g/mol. The van der Waals surface area contributed by atoms with E-state index in [4.69, 9.17) is 0 Å². The third kappa shape index (κ3) is 4.20. The Morgan fingerprint density at radius 1 is 1.23 bits per heavy atom. The number of aromatic nitrogens is 2. The lowest BCUT2D eigenvalue weighted by atomic mass is 9.97. The Morgan fingerprint density at radius 2 is 2.00 bits per heavy atom. The number of rotatable bonds is 4. The van der Waals surface area contributed by atoms with E-state index in [1.807, 2.05) is 11.4 Å². The van der Waals surface area contributed by atoms with Crippen LogP contribution in [0.2, 0.25) is 0 Å². The molecule has 6 heteroatoms. The second kappa shape index (κ2) is 7.92. The Bertz CT molecular complexity index is 621. The summed E-state index contributed by atoms with van der Waals surface area (Å²) in [6.45, 7) is 0. The van der Waals surface area contributed by atoms with E-state index in [0.29, 0.717) is 11.8 Å². The maximum atomic E-state index is 12.2. The zero-order valence-corrected chi connectivity index (χ0v) is 14.2. The van der Waals surface area contributed by atoms with Gasteiger partial charge in [-0.2, -0.15) is 0 Å². The SMILES string of the molecule is O=C(CSc1ncnc2sccc12)NC1CCCCCCC1. The molecule has 118 valence electrons. The van der Waals surface area contributed by atoms with E-state index in [9.17, 15) is 4.79 Å². The summed E-state index contributed by atoms with van der Waals surface area (Å²) in [5.41, 5.74) is 0. The lowest BCUT2D eigenvalue weighted by Crippen LogP contribution is -2.36. The van der Waals surface area contributed by atoms with Crippen molar-refractivity contribution in [2.75, 3.05) is 5.75 Å². The fourth-order valence-corrected chi connectivity index (χ4v) is 4.48. The average molecular weight is 335 g/mol. The van der Waals surface area contributed by atoms with E-state index in [1.54, 1.807) is 17.7 Å². The molecular weight excluding hydrogens is 314 g/mol. The van der Waals surface area contributed by atoms with Crippen LogP contribution in [-0.4, -0.2) is 27.7 Å². The Morgan fingerprint density at radius 3 is 2.82 bits per heavy atom.